The van der Waals surface area contributed by atoms with E-state index < -0.39 is 0 Å². The van der Waals surface area contributed by atoms with Crippen molar-refractivity contribution in [3.8, 4) is 0 Å². The average Bonchev–Trinajstić information content (AvgIpc) is 2.38. The first-order valence-electron chi connectivity index (χ1n) is 5.81. The number of hydrogen-bond acceptors (Lipinski definition) is 4. The zero-order valence-electron chi connectivity index (χ0n) is 9.38. The summed E-state index contributed by atoms with van der Waals surface area (Å²) in [7, 11) is 0. The SMILES string of the molecule is BrC1CCCN(c2nnc3ccccc3n2)C1. The van der Waals surface area contributed by atoms with Crippen molar-refractivity contribution in [2.45, 2.75) is 17.7 Å². The van der Waals surface area contributed by atoms with E-state index in [0.717, 1.165) is 30.1 Å². The number of alkyl halides is 1. The Morgan fingerprint density at radius 1 is 1.18 bits per heavy atom. The first-order chi connectivity index (χ1) is 8.33. The molecule has 2 aromatic rings. The van der Waals surface area contributed by atoms with Gasteiger partial charge in [0.1, 0.15) is 5.52 Å². The molecule has 0 bridgehead atoms. The Hall–Kier alpha value is -1.23. The number of para-hydroxylation sites is 1. The molecule has 0 N–H and O–H groups in total. The summed E-state index contributed by atoms with van der Waals surface area (Å²) in [4.78, 5) is 7.30. The zero-order chi connectivity index (χ0) is 11.7. The lowest BCUT2D eigenvalue weighted by Crippen LogP contribution is -2.37. The highest BCUT2D eigenvalue weighted by Crippen LogP contribution is 2.21. The van der Waals surface area contributed by atoms with Crippen LogP contribution in [0.3, 0.4) is 0 Å². The fourth-order valence-electron chi connectivity index (χ4n) is 2.11. The number of rotatable bonds is 1. The minimum Gasteiger partial charge on any atom is -0.338 e. The third-order valence-corrected chi connectivity index (χ3v) is 3.74. The van der Waals surface area contributed by atoms with Crippen molar-refractivity contribution in [2.75, 3.05) is 18.0 Å². The first kappa shape index (κ1) is 10.9. The van der Waals surface area contributed by atoms with Gasteiger partial charge in [0.2, 0.25) is 5.95 Å². The molecule has 5 heteroatoms. The lowest BCUT2D eigenvalue weighted by molar-refractivity contribution is 0.583. The minimum absolute atomic E-state index is 0.534. The number of benzene rings is 1. The molecule has 1 aromatic carbocycles. The second-order valence-electron chi connectivity index (χ2n) is 4.29. The van der Waals surface area contributed by atoms with E-state index in [2.05, 4.69) is 36.0 Å². The predicted molar refractivity (Wildman–Crippen MR) is 71.5 cm³/mol. The first-order valence-corrected chi connectivity index (χ1v) is 6.73. The Kier molecular flexibility index (Phi) is 2.93. The van der Waals surface area contributed by atoms with Crippen LogP contribution in [0.15, 0.2) is 24.3 Å². The molecule has 1 aliphatic heterocycles. The lowest BCUT2D eigenvalue weighted by atomic mass is 10.1. The summed E-state index contributed by atoms with van der Waals surface area (Å²) in [5.41, 5.74) is 1.76. The molecule has 1 aliphatic rings. The quantitative estimate of drug-likeness (QED) is 0.757. The molecule has 17 heavy (non-hydrogen) atoms. The fraction of sp³-hybridized carbons (Fsp3) is 0.417. The minimum atomic E-state index is 0.534. The van der Waals surface area contributed by atoms with Crippen LogP contribution in [0.2, 0.25) is 0 Å². The molecule has 88 valence electrons. The number of piperidine rings is 1. The van der Waals surface area contributed by atoms with E-state index in [1.54, 1.807) is 0 Å². The van der Waals surface area contributed by atoms with Crippen molar-refractivity contribution in [1.82, 2.24) is 15.2 Å². The van der Waals surface area contributed by atoms with Crippen molar-refractivity contribution in [2.24, 2.45) is 0 Å². The third kappa shape index (κ3) is 2.24. The van der Waals surface area contributed by atoms with Gasteiger partial charge in [-0.1, -0.05) is 28.1 Å². The summed E-state index contributed by atoms with van der Waals surface area (Å²) in [5, 5.41) is 8.42. The summed E-state index contributed by atoms with van der Waals surface area (Å²) in [6.45, 7) is 1.97. The highest BCUT2D eigenvalue weighted by Gasteiger charge is 2.20. The number of fused-ring (bicyclic) bond motifs is 1. The van der Waals surface area contributed by atoms with Gasteiger partial charge in [-0.3, -0.25) is 0 Å². The van der Waals surface area contributed by atoms with Crippen molar-refractivity contribution < 1.29 is 0 Å². The highest BCUT2D eigenvalue weighted by molar-refractivity contribution is 9.09. The van der Waals surface area contributed by atoms with Crippen molar-refractivity contribution >= 4 is 32.9 Å². The molecule has 0 radical (unpaired) electrons. The Bertz CT molecular complexity index is 531. The van der Waals surface area contributed by atoms with Gasteiger partial charge < -0.3 is 4.90 Å². The Morgan fingerprint density at radius 2 is 2.00 bits per heavy atom. The molecule has 0 amide bonds. The fourth-order valence-corrected chi connectivity index (χ4v) is 2.79. The lowest BCUT2D eigenvalue weighted by Gasteiger charge is -2.29. The van der Waals surface area contributed by atoms with Gasteiger partial charge in [0.25, 0.3) is 0 Å². The maximum absolute atomic E-state index is 4.56. The Morgan fingerprint density at radius 3 is 2.82 bits per heavy atom. The van der Waals surface area contributed by atoms with Crippen molar-refractivity contribution in [3.05, 3.63) is 24.3 Å². The molecule has 3 rings (SSSR count). The second kappa shape index (κ2) is 4.56. The van der Waals surface area contributed by atoms with E-state index in [1.165, 1.54) is 12.8 Å². The van der Waals surface area contributed by atoms with Crippen LogP contribution in [-0.4, -0.2) is 33.1 Å². The van der Waals surface area contributed by atoms with E-state index >= 15 is 0 Å². The summed E-state index contributed by atoms with van der Waals surface area (Å²) >= 11 is 3.66. The molecule has 1 aromatic heterocycles. The number of halogens is 1. The van der Waals surface area contributed by atoms with Crippen LogP contribution in [0.1, 0.15) is 12.8 Å². The smallest absolute Gasteiger partial charge is 0.245 e. The predicted octanol–water partition coefficient (Wildman–Crippen LogP) is 2.39. The zero-order valence-corrected chi connectivity index (χ0v) is 11.0. The van der Waals surface area contributed by atoms with Gasteiger partial charge in [-0.2, -0.15) is 0 Å². The van der Waals surface area contributed by atoms with Crippen LogP contribution in [0.5, 0.6) is 0 Å². The van der Waals surface area contributed by atoms with Crippen LogP contribution in [0, 0.1) is 0 Å². The van der Waals surface area contributed by atoms with Crippen LogP contribution in [0.25, 0.3) is 11.0 Å². The molecule has 0 spiro atoms. The molecule has 1 atom stereocenters. The Labute approximate surface area is 108 Å². The molecule has 1 saturated heterocycles. The van der Waals surface area contributed by atoms with Gasteiger partial charge in [-0.05, 0) is 25.0 Å². The molecular weight excluding hydrogens is 280 g/mol. The maximum Gasteiger partial charge on any atom is 0.245 e. The van der Waals surface area contributed by atoms with Gasteiger partial charge in [0.05, 0.1) is 5.52 Å². The standard InChI is InChI=1S/C12H13BrN4/c13-9-4-3-7-17(8-9)12-14-10-5-1-2-6-11(10)15-16-12/h1-2,5-6,9H,3-4,7-8H2. The van der Waals surface area contributed by atoms with Crippen LogP contribution in [-0.2, 0) is 0 Å². The topological polar surface area (TPSA) is 41.9 Å². The monoisotopic (exact) mass is 292 g/mol. The van der Waals surface area contributed by atoms with Gasteiger partial charge >= 0.3 is 0 Å². The van der Waals surface area contributed by atoms with E-state index in [1.807, 2.05) is 24.3 Å². The van der Waals surface area contributed by atoms with Gasteiger partial charge in [0.15, 0.2) is 0 Å². The summed E-state index contributed by atoms with van der Waals surface area (Å²) in [5.74, 6) is 0.743. The molecule has 2 heterocycles. The van der Waals surface area contributed by atoms with Gasteiger partial charge in [0, 0.05) is 17.9 Å². The van der Waals surface area contributed by atoms with Gasteiger partial charge in [-0.15, -0.1) is 10.2 Å². The van der Waals surface area contributed by atoms with E-state index in [0.29, 0.717) is 4.83 Å². The molecule has 4 nitrogen and oxygen atoms in total. The third-order valence-electron chi connectivity index (χ3n) is 3.00. The Balaban J connectivity index is 1.94. The summed E-state index contributed by atoms with van der Waals surface area (Å²) in [6, 6.07) is 7.84. The largest absolute Gasteiger partial charge is 0.338 e. The number of hydrogen-bond donors (Lipinski definition) is 0. The molecule has 1 fully saturated rings. The van der Waals surface area contributed by atoms with Crippen LogP contribution < -0.4 is 4.90 Å². The number of nitrogens with zero attached hydrogens (tertiary/aromatic N) is 4. The normalized spacial score (nSPS) is 20.8. The summed E-state index contributed by atoms with van der Waals surface area (Å²) < 4.78 is 0. The summed E-state index contributed by atoms with van der Waals surface area (Å²) in [6.07, 6.45) is 2.39. The van der Waals surface area contributed by atoms with E-state index in [4.69, 9.17) is 0 Å². The van der Waals surface area contributed by atoms with Crippen molar-refractivity contribution in [1.29, 1.82) is 0 Å². The average molecular weight is 293 g/mol. The van der Waals surface area contributed by atoms with Gasteiger partial charge in [-0.25, -0.2) is 4.98 Å². The molecule has 0 aliphatic carbocycles. The molecule has 1 unspecified atom stereocenters. The molecule has 0 saturated carbocycles. The number of anilines is 1. The van der Waals surface area contributed by atoms with Crippen molar-refractivity contribution in [3.63, 3.8) is 0 Å². The van der Waals surface area contributed by atoms with E-state index in [9.17, 15) is 0 Å². The van der Waals surface area contributed by atoms with Crippen LogP contribution >= 0.6 is 15.9 Å². The highest BCUT2D eigenvalue weighted by atomic mass is 79.9. The van der Waals surface area contributed by atoms with E-state index in [-0.39, 0.29) is 0 Å². The number of aromatic nitrogens is 3. The second-order valence-corrected chi connectivity index (χ2v) is 5.58. The molecular formula is C12H13BrN4. The maximum atomic E-state index is 4.56. The van der Waals surface area contributed by atoms with Crippen LogP contribution in [0.4, 0.5) is 5.95 Å².